The van der Waals surface area contributed by atoms with Gasteiger partial charge in [0.05, 0.1) is 5.56 Å². The van der Waals surface area contributed by atoms with Gasteiger partial charge in [-0.15, -0.1) is 0 Å². The Morgan fingerprint density at radius 2 is 1.76 bits per heavy atom. The summed E-state index contributed by atoms with van der Waals surface area (Å²) in [4.78, 5) is 29.6. The molecule has 0 spiro atoms. The summed E-state index contributed by atoms with van der Waals surface area (Å²) in [5.41, 5.74) is -0.265. The zero-order valence-corrected chi connectivity index (χ0v) is 19.7. The normalized spacial score (nSPS) is 20.6. The van der Waals surface area contributed by atoms with Crippen molar-refractivity contribution in [3.63, 3.8) is 0 Å². The number of alkyl halides is 3. The van der Waals surface area contributed by atoms with Gasteiger partial charge in [-0.2, -0.15) is 18.3 Å². The number of carbonyl (C=O) groups is 2. The van der Waals surface area contributed by atoms with E-state index in [1.165, 1.54) is 30.3 Å². The summed E-state index contributed by atoms with van der Waals surface area (Å²) in [5, 5.41) is 15.6. The predicted molar refractivity (Wildman–Crippen MR) is 128 cm³/mol. The van der Waals surface area contributed by atoms with Crippen LogP contribution in [0.4, 0.5) is 29.6 Å². The van der Waals surface area contributed by atoms with Crippen LogP contribution in [-0.2, 0) is 10.9 Å². The number of H-pyrrole nitrogens is 1. The zero-order chi connectivity index (χ0) is 26.0. The van der Waals surface area contributed by atoms with E-state index in [0.29, 0.717) is 18.7 Å². The molecule has 12 heteroatoms. The third-order valence-corrected chi connectivity index (χ3v) is 6.49. The van der Waals surface area contributed by atoms with E-state index >= 15 is 0 Å². The minimum absolute atomic E-state index is 0.0480. The average molecular weight is 515 g/mol. The maximum absolute atomic E-state index is 13.7. The second kappa shape index (κ2) is 10.1. The molecule has 6 bridgehead atoms. The molecular weight excluding hydrogens is 489 g/mol. The first-order valence-electron chi connectivity index (χ1n) is 12.0. The van der Waals surface area contributed by atoms with Crippen LogP contribution in [0.5, 0.6) is 0 Å². The van der Waals surface area contributed by atoms with Crippen molar-refractivity contribution in [2.75, 3.05) is 18.4 Å². The number of halogens is 3. The summed E-state index contributed by atoms with van der Waals surface area (Å²) in [6, 6.07) is 9.82. The van der Waals surface area contributed by atoms with E-state index in [1.807, 2.05) is 6.07 Å². The minimum atomic E-state index is -4.61. The first kappa shape index (κ1) is 24.6. The van der Waals surface area contributed by atoms with E-state index in [0.717, 1.165) is 24.6 Å². The highest BCUT2D eigenvalue weighted by atomic mass is 19.4. The lowest BCUT2D eigenvalue weighted by Crippen LogP contribution is -2.32. The number of carbonyl (C=O) groups excluding carboxylic acids is 2. The molecule has 9 nitrogen and oxygen atoms in total. The van der Waals surface area contributed by atoms with Gasteiger partial charge in [0, 0.05) is 36.3 Å². The number of pyridine rings is 1. The molecule has 1 aromatic carbocycles. The number of hydrogen-bond acceptors (Lipinski definition) is 6. The molecule has 3 heterocycles. The Labute approximate surface area is 210 Å². The molecule has 1 fully saturated rings. The highest BCUT2D eigenvalue weighted by Gasteiger charge is 2.34. The Hall–Kier alpha value is -4.09. The first-order valence-corrected chi connectivity index (χ1v) is 12.0. The molecule has 1 saturated carbocycles. The fourth-order valence-electron chi connectivity index (χ4n) is 4.71. The fraction of sp³-hybridized carbons (Fsp3) is 0.360. The third-order valence-electron chi connectivity index (χ3n) is 6.49. The second-order valence-corrected chi connectivity index (χ2v) is 9.04. The summed E-state index contributed by atoms with van der Waals surface area (Å²) in [5.74, 6) is 0.202. The van der Waals surface area contributed by atoms with Crippen LogP contribution in [0, 0.1) is 0 Å². The SMILES string of the molecule is O=C1NCCCNC(=O)c2nc(ccc2-c2ccccc2C(F)(F)F)Nc2cc([nH]n2)[C@H]2CC[C@H](C2)O1. The van der Waals surface area contributed by atoms with E-state index in [2.05, 4.69) is 31.1 Å². The Balaban J connectivity index is 1.51. The van der Waals surface area contributed by atoms with Crippen molar-refractivity contribution in [1.29, 1.82) is 0 Å². The van der Waals surface area contributed by atoms with Crippen molar-refractivity contribution in [1.82, 2.24) is 25.8 Å². The van der Waals surface area contributed by atoms with Gasteiger partial charge < -0.3 is 20.7 Å². The van der Waals surface area contributed by atoms with Gasteiger partial charge in [0.15, 0.2) is 5.82 Å². The largest absolute Gasteiger partial charge is 0.446 e. The molecule has 37 heavy (non-hydrogen) atoms. The van der Waals surface area contributed by atoms with Gasteiger partial charge in [-0.05, 0) is 49.4 Å². The number of amides is 2. The number of aromatic nitrogens is 3. The molecule has 2 atom stereocenters. The number of hydrogen-bond donors (Lipinski definition) is 4. The molecule has 0 saturated heterocycles. The number of nitrogens with one attached hydrogen (secondary N) is 4. The van der Waals surface area contributed by atoms with Crippen LogP contribution in [0.1, 0.15) is 53.3 Å². The van der Waals surface area contributed by atoms with Crippen molar-refractivity contribution in [2.24, 2.45) is 0 Å². The molecule has 2 aromatic heterocycles. The van der Waals surface area contributed by atoms with E-state index < -0.39 is 23.7 Å². The van der Waals surface area contributed by atoms with Gasteiger partial charge in [-0.1, -0.05) is 18.2 Å². The lowest BCUT2D eigenvalue weighted by atomic mass is 9.97. The number of alkyl carbamates (subject to hydrolysis) is 1. The van der Waals surface area contributed by atoms with Crippen LogP contribution in [0.15, 0.2) is 42.5 Å². The predicted octanol–water partition coefficient (Wildman–Crippen LogP) is 4.73. The van der Waals surface area contributed by atoms with E-state index in [4.69, 9.17) is 4.74 Å². The minimum Gasteiger partial charge on any atom is -0.446 e. The molecule has 1 aliphatic carbocycles. The topological polar surface area (TPSA) is 121 Å². The van der Waals surface area contributed by atoms with Gasteiger partial charge in [-0.3, -0.25) is 9.89 Å². The standard InChI is InChI=1S/C25H25F3N6O3/c26-25(27,28)18-5-2-1-4-16(18)17-8-9-20-31-21-13-19(33-34-21)14-6-7-15(12-14)37-24(36)30-11-3-10-29-23(35)22(17)32-20/h1-2,4-5,8-9,13-15H,3,6-7,10-12H2,(H,29,35)(H,30,36)(H2,31,32,33,34)/t14-,15+/m0/s1. The van der Waals surface area contributed by atoms with Crippen molar-refractivity contribution in [2.45, 2.75) is 43.9 Å². The maximum atomic E-state index is 13.7. The van der Waals surface area contributed by atoms with Crippen LogP contribution >= 0.6 is 0 Å². The van der Waals surface area contributed by atoms with Crippen LogP contribution in [0.2, 0.25) is 0 Å². The number of fused-ring (bicyclic) bond motifs is 7. The van der Waals surface area contributed by atoms with E-state index in [9.17, 15) is 22.8 Å². The van der Waals surface area contributed by atoms with Crippen molar-refractivity contribution >= 4 is 23.6 Å². The Morgan fingerprint density at radius 1 is 0.946 bits per heavy atom. The van der Waals surface area contributed by atoms with Gasteiger partial charge in [0.25, 0.3) is 5.91 Å². The van der Waals surface area contributed by atoms with Crippen LogP contribution in [-0.4, -0.2) is 46.4 Å². The lowest BCUT2D eigenvalue weighted by Gasteiger charge is -2.16. The molecule has 3 aromatic rings. The number of aromatic amines is 1. The summed E-state index contributed by atoms with van der Waals surface area (Å²) in [6.45, 7) is 0.436. The van der Waals surface area contributed by atoms with Crippen molar-refractivity contribution in [3.8, 4) is 11.1 Å². The molecule has 194 valence electrons. The molecule has 5 rings (SSSR count). The fourth-order valence-corrected chi connectivity index (χ4v) is 4.71. The number of ether oxygens (including phenoxy) is 1. The molecule has 2 amide bonds. The van der Waals surface area contributed by atoms with Gasteiger partial charge >= 0.3 is 12.3 Å². The molecule has 0 radical (unpaired) electrons. The first-order chi connectivity index (χ1) is 17.8. The van der Waals surface area contributed by atoms with Crippen LogP contribution < -0.4 is 16.0 Å². The lowest BCUT2D eigenvalue weighted by molar-refractivity contribution is -0.137. The maximum Gasteiger partial charge on any atom is 0.417 e. The Kier molecular flexibility index (Phi) is 6.72. The Bertz CT molecular complexity index is 1310. The second-order valence-electron chi connectivity index (χ2n) is 9.04. The van der Waals surface area contributed by atoms with Crippen LogP contribution in [0.25, 0.3) is 11.1 Å². The highest BCUT2D eigenvalue weighted by Crippen LogP contribution is 2.39. The summed E-state index contributed by atoms with van der Waals surface area (Å²) < 4.78 is 46.7. The smallest absolute Gasteiger partial charge is 0.417 e. The van der Waals surface area contributed by atoms with Crippen LogP contribution in [0.3, 0.4) is 0 Å². The van der Waals surface area contributed by atoms with Gasteiger partial charge in [0.2, 0.25) is 0 Å². The average Bonchev–Trinajstić information content (AvgIpc) is 3.52. The molecule has 1 aliphatic heterocycles. The highest BCUT2D eigenvalue weighted by molar-refractivity contribution is 6.00. The summed E-state index contributed by atoms with van der Waals surface area (Å²) >= 11 is 0. The van der Waals surface area contributed by atoms with Gasteiger partial charge in [0.1, 0.15) is 17.6 Å². The number of rotatable bonds is 1. The molecular formula is C25H25F3N6O3. The summed E-state index contributed by atoms with van der Waals surface area (Å²) in [7, 11) is 0. The number of benzene rings is 1. The number of nitrogens with zero attached hydrogens (tertiary/aromatic N) is 2. The van der Waals surface area contributed by atoms with Crippen molar-refractivity contribution < 1.29 is 27.5 Å². The van der Waals surface area contributed by atoms with Gasteiger partial charge in [-0.25, -0.2) is 9.78 Å². The number of anilines is 2. The monoisotopic (exact) mass is 514 g/mol. The van der Waals surface area contributed by atoms with E-state index in [-0.39, 0.29) is 47.8 Å². The third kappa shape index (κ3) is 5.52. The molecule has 0 unspecified atom stereocenters. The molecule has 4 N–H and O–H groups in total. The van der Waals surface area contributed by atoms with Crippen molar-refractivity contribution in [3.05, 3.63) is 59.4 Å². The van der Waals surface area contributed by atoms with E-state index in [1.54, 1.807) is 0 Å². The quantitative estimate of drug-likeness (QED) is 0.373. The summed E-state index contributed by atoms with van der Waals surface area (Å²) in [6.07, 6.45) is -2.70. The zero-order valence-electron chi connectivity index (χ0n) is 19.7. The Morgan fingerprint density at radius 3 is 2.59 bits per heavy atom. The molecule has 2 aliphatic rings.